The molecule has 0 amide bonds. The zero-order valence-electron chi connectivity index (χ0n) is 10.2. The van der Waals surface area contributed by atoms with E-state index in [9.17, 15) is 0 Å². The van der Waals surface area contributed by atoms with Gasteiger partial charge in [0.1, 0.15) is 12.4 Å². The summed E-state index contributed by atoms with van der Waals surface area (Å²) in [6.45, 7) is 0.334. The maximum absolute atomic E-state index is 5.58. The zero-order chi connectivity index (χ0) is 12.9. The van der Waals surface area contributed by atoms with E-state index < -0.39 is 0 Å². The third kappa shape index (κ3) is 2.77. The predicted molar refractivity (Wildman–Crippen MR) is 70.4 cm³/mol. The molecule has 0 radical (unpaired) electrons. The molecule has 0 unspecified atom stereocenters. The van der Waals surface area contributed by atoms with Crippen molar-refractivity contribution in [2.75, 3.05) is 0 Å². The number of nitrogens with one attached hydrogen (secondary N) is 1. The smallest absolute Gasteiger partial charge is 0.188 e. The molecule has 2 heterocycles. The second-order valence-electron chi connectivity index (χ2n) is 3.94. The van der Waals surface area contributed by atoms with E-state index in [2.05, 4.69) is 20.2 Å². The molecular formula is C14H12N4O. The average Bonchev–Trinajstić information content (AvgIpc) is 2.96. The van der Waals surface area contributed by atoms with E-state index in [0.717, 1.165) is 11.3 Å². The summed E-state index contributed by atoms with van der Waals surface area (Å²) in [7, 11) is 0. The number of aromatic nitrogens is 4. The van der Waals surface area contributed by atoms with Gasteiger partial charge in [0.05, 0.1) is 0 Å². The van der Waals surface area contributed by atoms with Gasteiger partial charge in [0.2, 0.25) is 0 Å². The van der Waals surface area contributed by atoms with Gasteiger partial charge in [-0.05, 0) is 24.3 Å². The van der Waals surface area contributed by atoms with Crippen LogP contribution in [0.3, 0.4) is 0 Å². The quantitative estimate of drug-likeness (QED) is 0.774. The van der Waals surface area contributed by atoms with Gasteiger partial charge < -0.3 is 4.74 Å². The number of benzene rings is 1. The van der Waals surface area contributed by atoms with E-state index >= 15 is 0 Å². The van der Waals surface area contributed by atoms with Crippen LogP contribution in [0.4, 0.5) is 0 Å². The van der Waals surface area contributed by atoms with Crippen molar-refractivity contribution >= 4 is 0 Å². The number of rotatable bonds is 4. The van der Waals surface area contributed by atoms with Gasteiger partial charge in [0.25, 0.3) is 0 Å². The van der Waals surface area contributed by atoms with Crippen molar-refractivity contribution in [3.8, 4) is 17.1 Å². The molecule has 0 saturated carbocycles. The van der Waals surface area contributed by atoms with E-state index in [4.69, 9.17) is 4.74 Å². The van der Waals surface area contributed by atoms with Gasteiger partial charge in [-0.3, -0.25) is 10.1 Å². The average molecular weight is 252 g/mol. The predicted octanol–water partition coefficient (Wildman–Crippen LogP) is 2.45. The number of para-hydroxylation sites is 1. The molecule has 3 aromatic rings. The van der Waals surface area contributed by atoms with Crippen LogP contribution >= 0.6 is 0 Å². The monoisotopic (exact) mass is 252 g/mol. The second-order valence-corrected chi connectivity index (χ2v) is 3.94. The topological polar surface area (TPSA) is 63.7 Å². The summed E-state index contributed by atoms with van der Waals surface area (Å²) in [6.07, 6.45) is 3.46. The van der Waals surface area contributed by atoms with E-state index in [1.54, 1.807) is 12.4 Å². The molecule has 0 bridgehead atoms. The van der Waals surface area contributed by atoms with Crippen LogP contribution in [-0.4, -0.2) is 20.2 Å². The normalized spacial score (nSPS) is 10.3. The first kappa shape index (κ1) is 11.4. The molecule has 0 atom stereocenters. The highest BCUT2D eigenvalue weighted by molar-refractivity contribution is 5.52. The Bertz CT molecular complexity index is 637. The van der Waals surface area contributed by atoms with Gasteiger partial charge in [-0.15, -0.1) is 0 Å². The van der Waals surface area contributed by atoms with Crippen molar-refractivity contribution in [1.82, 2.24) is 20.2 Å². The number of nitrogens with zero attached hydrogens (tertiary/aromatic N) is 3. The minimum atomic E-state index is 0.334. The summed E-state index contributed by atoms with van der Waals surface area (Å²) in [5.41, 5.74) is 0.904. The van der Waals surface area contributed by atoms with Crippen molar-refractivity contribution in [2.24, 2.45) is 0 Å². The van der Waals surface area contributed by atoms with Crippen molar-refractivity contribution < 1.29 is 4.74 Å². The fraction of sp³-hybridized carbons (Fsp3) is 0.0714. The zero-order valence-corrected chi connectivity index (χ0v) is 10.2. The van der Waals surface area contributed by atoms with Crippen molar-refractivity contribution in [2.45, 2.75) is 6.61 Å². The van der Waals surface area contributed by atoms with Crippen LogP contribution in [0.25, 0.3) is 11.4 Å². The Labute approximate surface area is 110 Å². The highest BCUT2D eigenvalue weighted by atomic mass is 16.5. The minimum absolute atomic E-state index is 0.334. The first-order chi connectivity index (χ1) is 9.42. The number of aromatic amines is 1. The van der Waals surface area contributed by atoms with Crippen LogP contribution in [0.1, 0.15) is 5.82 Å². The fourth-order valence-electron chi connectivity index (χ4n) is 1.66. The first-order valence-corrected chi connectivity index (χ1v) is 5.91. The van der Waals surface area contributed by atoms with Gasteiger partial charge in [-0.25, -0.2) is 4.98 Å². The maximum Gasteiger partial charge on any atom is 0.188 e. The molecule has 94 valence electrons. The summed E-state index contributed by atoms with van der Waals surface area (Å²) in [5.74, 6) is 2.11. The molecule has 0 spiro atoms. The Morgan fingerprint density at radius 1 is 1.05 bits per heavy atom. The van der Waals surface area contributed by atoms with Gasteiger partial charge in [0.15, 0.2) is 11.6 Å². The lowest BCUT2D eigenvalue weighted by molar-refractivity contribution is 0.296. The largest absolute Gasteiger partial charge is 0.486 e. The maximum atomic E-state index is 5.58. The number of hydrogen-bond acceptors (Lipinski definition) is 4. The standard InChI is InChI=1S/C14H12N4O/c1-2-6-12(7-3-1)19-10-13-16-14(18-17-13)11-5-4-8-15-9-11/h1-9H,10H2,(H,16,17,18). The number of ether oxygens (including phenoxy) is 1. The SMILES string of the molecule is c1ccc(OCc2n[nH]c(-c3cccnc3)n2)cc1. The lowest BCUT2D eigenvalue weighted by Gasteiger charge is -2.01. The lowest BCUT2D eigenvalue weighted by atomic mass is 10.3. The molecular weight excluding hydrogens is 240 g/mol. The Hall–Kier alpha value is -2.69. The molecule has 0 aliphatic rings. The number of pyridine rings is 1. The Morgan fingerprint density at radius 2 is 1.95 bits per heavy atom. The summed E-state index contributed by atoms with van der Waals surface area (Å²) >= 11 is 0. The summed E-state index contributed by atoms with van der Waals surface area (Å²) in [6, 6.07) is 13.4. The molecule has 0 fully saturated rings. The molecule has 0 aliphatic carbocycles. The van der Waals surface area contributed by atoms with Crippen LogP contribution in [0, 0.1) is 0 Å². The van der Waals surface area contributed by atoms with Gasteiger partial charge in [-0.1, -0.05) is 18.2 Å². The molecule has 5 heteroatoms. The van der Waals surface area contributed by atoms with E-state index in [0.29, 0.717) is 18.3 Å². The van der Waals surface area contributed by atoms with E-state index in [1.807, 2.05) is 42.5 Å². The number of H-pyrrole nitrogens is 1. The second kappa shape index (κ2) is 5.30. The molecule has 19 heavy (non-hydrogen) atoms. The van der Waals surface area contributed by atoms with E-state index in [-0.39, 0.29) is 0 Å². The van der Waals surface area contributed by atoms with Crippen LogP contribution in [0.15, 0.2) is 54.9 Å². The molecule has 1 aromatic carbocycles. The van der Waals surface area contributed by atoms with Crippen LogP contribution < -0.4 is 4.74 Å². The molecule has 1 N–H and O–H groups in total. The third-order valence-electron chi connectivity index (χ3n) is 2.58. The highest BCUT2D eigenvalue weighted by Gasteiger charge is 2.05. The van der Waals surface area contributed by atoms with Crippen LogP contribution in [0.5, 0.6) is 5.75 Å². The Balaban J connectivity index is 1.69. The summed E-state index contributed by atoms with van der Waals surface area (Å²) in [4.78, 5) is 8.41. The fourth-order valence-corrected chi connectivity index (χ4v) is 1.66. The molecule has 2 aromatic heterocycles. The van der Waals surface area contributed by atoms with Crippen LogP contribution in [-0.2, 0) is 6.61 Å². The summed E-state index contributed by atoms with van der Waals surface area (Å²) in [5, 5.41) is 7.00. The molecule has 3 rings (SSSR count). The van der Waals surface area contributed by atoms with Gasteiger partial charge in [0, 0.05) is 18.0 Å². The first-order valence-electron chi connectivity index (χ1n) is 5.91. The Morgan fingerprint density at radius 3 is 2.74 bits per heavy atom. The Kier molecular flexibility index (Phi) is 3.18. The molecule has 5 nitrogen and oxygen atoms in total. The van der Waals surface area contributed by atoms with Crippen molar-refractivity contribution in [1.29, 1.82) is 0 Å². The third-order valence-corrected chi connectivity index (χ3v) is 2.58. The van der Waals surface area contributed by atoms with Gasteiger partial charge >= 0.3 is 0 Å². The lowest BCUT2D eigenvalue weighted by Crippen LogP contribution is -1.97. The van der Waals surface area contributed by atoms with Gasteiger partial charge in [-0.2, -0.15) is 5.10 Å². The molecule has 0 aliphatic heterocycles. The minimum Gasteiger partial charge on any atom is -0.486 e. The van der Waals surface area contributed by atoms with Crippen molar-refractivity contribution in [3.05, 3.63) is 60.7 Å². The number of hydrogen-bond donors (Lipinski definition) is 1. The highest BCUT2D eigenvalue weighted by Crippen LogP contribution is 2.14. The van der Waals surface area contributed by atoms with Crippen molar-refractivity contribution in [3.63, 3.8) is 0 Å². The molecule has 0 saturated heterocycles. The summed E-state index contributed by atoms with van der Waals surface area (Å²) < 4.78 is 5.58. The van der Waals surface area contributed by atoms with E-state index in [1.165, 1.54) is 0 Å². The van der Waals surface area contributed by atoms with Crippen LogP contribution in [0.2, 0.25) is 0 Å².